The number of hydrogen-bond acceptors (Lipinski definition) is 4. The number of amides is 3. The van der Waals surface area contributed by atoms with Crippen molar-refractivity contribution in [2.75, 3.05) is 18.1 Å². The fraction of sp³-hybridized carbons (Fsp3) is 0.400. The number of benzene rings is 2. The number of nitrogens with zero attached hydrogens (tertiary/aromatic N) is 1. The van der Waals surface area contributed by atoms with E-state index in [0.29, 0.717) is 17.9 Å². The first kappa shape index (κ1) is 25.5. The summed E-state index contributed by atoms with van der Waals surface area (Å²) < 4.78 is 0. The van der Waals surface area contributed by atoms with Gasteiger partial charge in [-0.3, -0.25) is 9.69 Å². The van der Waals surface area contributed by atoms with Gasteiger partial charge in [-0.15, -0.1) is 0 Å². The zero-order valence-electron chi connectivity index (χ0n) is 18.9. The molecule has 2 N–H and O–H groups in total. The number of aliphatic carboxylic acids is 1. The summed E-state index contributed by atoms with van der Waals surface area (Å²) >= 11 is 1.49. The van der Waals surface area contributed by atoms with Gasteiger partial charge in [0.2, 0.25) is 0 Å². The third-order valence-electron chi connectivity index (χ3n) is 4.87. The SMILES string of the molecule is CCCN(C(=O)N[C@@H](CSCCC(C)C)C(=O)O)C(=O)c1cccc(-c2ccccc2)c1. The molecule has 0 aliphatic carbocycles. The van der Waals surface area contributed by atoms with Gasteiger partial charge in [-0.05, 0) is 47.8 Å². The number of hydrogen-bond donors (Lipinski definition) is 2. The van der Waals surface area contributed by atoms with Crippen LogP contribution in [-0.2, 0) is 4.79 Å². The first-order valence-electron chi connectivity index (χ1n) is 10.9. The van der Waals surface area contributed by atoms with Crippen LogP contribution in [0, 0.1) is 5.92 Å². The summed E-state index contributed by atoms with van der Waals surface area (Å²) in [6, 6.07) is 15.0. The van der Waals surface area contributed by atoms with Crippen molar-refractivity contribution >= 4 is 29.7 Å². The first-order valence-corrected chi connectivity index (χ1v) is 12.1. The minimum Gasteiger partial charge on any atom is -0.480 e. The van der Waals surface area contributed by atoms with Crippen molar-refractivity contribution in [1.29, 1.82) is 0 Å². The van der Waals surface area contributed by atoms with Gasteiger partial charge in [-0.1, -0.05) is 63.2 Å². The molecule has 2 aromatic carbocycles. The van der Waals surface area contributed by atoms with Crippen molar-refractivity contribution in [3.05, 3.63) is 60.2 Å². The number of carbonyl (C=O) groups excluding carboxylic acids is 2. The first-order chi connectivity index (χ1) is 15.3. The van der Waals surface area contributed by atoms with Crippen molar-refractivity contribution in [1.82, 2.24) is 10.2 Å². The predicted octanol–water partition coefficient (Wildman–Crippen LogP) is 5.15. The zero-order valence-corrected chi connectivity index (χ0v) is 19.7. The average molecular weight is 457 g/mol. The van der Waals surface area contributed by atoms with Crippen molar-refractivity contribution in [3.63, 3.8) is 0 Å². The Hall–Kier alpha value is -2.80. The summed E-state index contributed by atoms with van der Waals surface area (Å²) in [5.41, 5.74) is 2.23. The summed E-state index contributed by atoms with van der Waals surface area (Å²) in [5, 5.41) is 12.1. The molecule has 0 saturated carbocycles. The monoisotopic (exact) mass is 456 g/mol. The van der Waals surface area contributed by atoms with Crippen LogP contribution in [0.4, 0.5) is 4.79 Å². The Labute approximate surface area is 194 Å². The topological polar surface area (TPSA) is 86.7 Å². The maximum absolute atomic E-state index is 13.2. The molecule has 6 nitrogen and oxygen atoms in total. The van der Waals surface area contributed by atoms with Crippen LogP contribution in [0.15, 0.2) is 54.6 Å². The number of carbonyl (C=O) groups is 3. The van der Waals surface area contributed by atoms with Gasteiger partial charge in [0.1, 0.15) is 6.04 Å². The van der Waals surface area contributed by atoms with Gasteiger partial charge in [0.25, 0.3) is 5.91 Å². The third-order valence-corrected chi connectivity index (χ3v) is 5.97. The lowest BCUT2D eigenvalue weighted by Crippen LogP contribution is -2.51. The van der Waals surface area contributed by atoms with Crippen LogP contribution in [-0.4, -0.2) is 52.0 Å². The molecule has 32 heavy (non-hydrogen) atoms. The number of thioether (sulfide) groups is 1. The summed E-state index contributed by atoms with van der Waals surface area (Å²) in [6.45, 7) is 6.29. The standard InChI is InChI=1S/C25H32N2O4S/c1-4-14-27(25(31)26-22(24(29)30)17-32-15-13-18(2)3)23(28)21-12-8-11-20(16-21)19-9-6-5-7-10-19/h5-12,16,18,22H,4,13-15,17H2,1-3H3,(H,26,31)(H,29,30)/t22-/m0/s1. The van der Waals surface area contributed by atoms with Crippen LogP contribution >= 0.6 is 11.8 Å². The molecular weight excluding hydrogens is 424 g/mol. The van der Waals surface area contributed by atoms with Gasteiger partial charge in [-0.2, -0.15) is 11.8 Å². The second-order valence-electron chi connectivity index (χ2n) is 8.00. The van der Waals surface area contributed by atoms with Crippen molar-refractivity contribution in [3.8, 4) is 11.1 Å². The molecule has 0 spiro atoms. The summed E-state index contributed by atoms with van der Waals surface area (Å²) in [7, 11) is 0. The number of carboxylic acid groups (broad SMARTS) is 1. The Morgan fingerprint density at radius 2 is 1.72 bits per heavy atom. The molecule has 3 amide bonds. The van der Waals surface area contributed by atoms with E-state index < -0.39 is 23.9 Å². The summed E-state index contributed by atoms with van der Waals surface area (Å²) in [6.07, 6.45) is 1.54. The molecule has 1 atom stereocenters. The van der Waals surface area contributed by atoms with Gasteiger partial charge in [0.05, 0.1) is 0 Å². The maximum atomic E-state index is 13.2. The number of urea groups is 1. The van der Waals surface area contributed by atoms with Gasteiger partial charge in [0.15, 0.2) is 0 Å². The van der Waals surface area contributed by atoms with Gasteiger partial charge < -0.3 is 10.4 Å². The Morgan fingerprint density at radius 1 is 1.03 bits per heavy atom. The van der Waals surface area contributed by atoms with Crippen LogP contribution in [0.3, 0.4) is 0 Å². The fourth-order valence-electron chi connectivity index (χ4n) is 3.06. The molecule has 0 aliphatic heterocycles. The van der Waals surface area contributed by atoms with Crippen molar-refractivity contribution in [2.45, 2.75) is 39.7 Å². The van der Waals surface area contributed by atoms with Crippen LogP contribution in [0.25, 0.3) is 11.1 Å². The number of carboxylic acids is 1. The van der Waals surface area contributed by atoms with Gasteiger partial charge in [0, 0.05) is 17.9 Å². The third kappa shape index (κ3) is 7.71. The number of imide groups is 1. The Bertz CT molecular complexity index is 902. The number of nitrogens with one attached hydrogen (secondary N) is 1. The predicted molar refractivity (Wildman–Crippen MR) is 130 cm³/mol. The highest BCUT2D eigenvalue weighted by atomic mass is 32.2. The highest BCUT2D eigenvalue weighted by molar-refractivity contribution is 7.99. The highest BCUT2D eigenvalue weighted by Gasteiger charge is 2.27. The van der Waals surface area contributed by atoms with E-state index in [2.05, 4.69) is 19.2 Å². The molecule has 0 heterocycles. The Morgan fingerprint density at radius 3 is 2.34 bits per heavy atom. The van der Waals surface area contributed by atoms with E-state index in [1.807, 2.05) is 43.3 Å². The fourth-order valence-corrected chi connectivity index (χ4v) is 4.33. The second-order valence-corrected chi connectivity index (χ2v) is 9.15. The van der Waals surface area contributed by atoms with E-state index in [-0.39, 0.29) is 12.3 Å². The van der Waals surface area contributed by atoms with Crippen LogP contribution in [0.5, 0.6) is 0 Å². The molecule has 0 saturated heterocycles. The van der Waals surface area contributed by atoms with Crippen LogP contribution < -0.4 is 5.32 Å². The van der Waals surface area contributed by atoms with E-state index in [1.54, 1.807) is 18.2 Å². The molecule has 0 aliphatic rings. The average Bonchev–Trinajstić information content (AvgIpc) is 2.79. The summed E-state index contributed by atoms with van der Waals surface area (Å²) in [5.74, 6) is 0.0564. The van der Waals surface area contributed by atoms with Crippen molar-refractivity contribution < 1.29 is 19.5 Å². The normalized spacial score (nSPS) is 11.8. The number of rotatable bonds is 11. The zero-order chi connectivity index (χ0) is 23.5. The van der Waals surface area contributed by atoms with E-state index in [4.69, 9.17) is 0 Å². The minimum absolute atomic E-state index is 0.201. The van der Waals surface area contributed by atoms with E-state index >= 15 is 0 Å². The van der Waals surface area contributed by atoms with Gasteiger partial charge >= 0.3 is 12.0 Å². The molecule has 7 heteroatoms. The Kier molecular flexibility index (Phi) is 10.3. The molecule has 0 bridgehead atoms. The van der Waals surface area contributed by atoms with E-state index in [1.165, 1.54) is 11.8 Å². The van der Waals surface area contributed by atoms with E-state index in [0.717, 1.165) is 28.2 Å². The van der Waals surface area contributed by atoms with Gasteiger partial charge in [-0.25, -0.2) is 9.59 Å². The molecular formula is C25H32N2O4S. The molecule has 0 radical (unpaired) electrons. The lowest BCUT2D eigenvalue weighted by Gasteiger charge is -2.23. The van der Waals surface area contributed by atoms with Crippen molar-refractivity contribution in [2.24, 2.45) is 5.92 Å². The lowest BCUT2D eigenvalue weighted by molar-refractivity contribution is -0.138. The quantitative estimate of drug-likeness (QED) is 0.457. The van der Waals surface area contributed by atoms with Crippen LogP contribution in [0.2, 0.25) is 0 Å². The smallest absolute Gasteiger partial charge is 0.327 e. The highest BCUT2D eigenvalue weighted by Crippen LogP contribution is 2.21. The Balaban J connectivity index is 2.13. The second kappa shape index (κ2) is 12.9. The molecule has 0 fully saturated rings. The molecule has 172 valence electrons. The lowest BCUT2D eigenvalue weighted by atomic mass is 10.0. The van der Waals surface area contributed by atoms with Crippen LogP contribution in [0.1, 0.15) is 44.0 Å². The molecule has 2 rings (SSSR count). The minimum atomic E-state index is -1.11. The van der Waals surface area contributed by atoms with E-state index in [9.17, 15) is 19.5 Å². The molecule has 0 unspecified atom stereocenters. The largest absolute Gasteiger partial charge is 0.480 e. The maximum Gasteiger partial charge on any atom is 0.327 e. The molecule has 2 aromatic rings. The summed E-state index contributed by atoms with van der Waals surface area (Å²) in [4.78, 5) is 38.8. The molecule has 0 aromatic heterocycles.